The molecule has 2 aromatic heterocycles. The second-order valence-corrected chi connectivity index (χ2v) is 5.31. The van der Waals surface area contributed by atoms with Crippen molar-refractivity contribution in [3.8, 4) is 11.1 Å². The molecular formula is C13H9ClN2OS. The van der Waals surface area contributed by atoms with Crippen molar-refractivity contribution in [3.63, 3.8) is 0 Å². The van der Waals surface area contributed by atoms with Crippen LogP contribution in [0.1, 0.15) is 0 Å². The largest absolute Gasteiger partial charge is 0.301 e. The highest BCUT2D eigenvalue weighted by atomic mass is 35.5. The highest BCUT2D eigenvalue weighted by molar-refractivity contribution is 7.17. The van der Waals surface area contributed by atoms with Crippen LogP contribution in [0.2, 0.25) is 5.02 Å². The molecule has 0 atom stereocenters. The predicted octanol–water partition coefficient (Wildman–Crippen LogP) is 3.32. The van der Waals surface area contributed by atoms with Crippen LogP contribution in [0.3, 0.4) is 0 Å². The van der Waals surface area contributed by atoms with Gasteiger partial charge in [-0.15, -0.1) is 11.3 Å². The number of aryl methyl sites for hydroxylation is 1. The summed E-state index contributed by atoms with van der Waals surface area (Å²) in [5.41, 5.74) is 2.66. The molecule has 5 heteroatoms. The first kappa shape index (κ1) is 11.4. The lowest BCUT2D eigenvalue weighted by Crippen LogP contribution is -2.15. The number of halogens is 1. The van der Waals surface area contributed by atoms with Crippen molar-refractivity contribution in [2.75, 3.05) is 0 Å². The van der Waals surface area contributed by atoms with E-state index in [9.17, 15) is 4.79 Å². The minimum atomic E-state index is -0.0155. The summed E-state index contributed by atoms with van der Waals surface area (Å²) >= 11 is 7.40. The summed E-state index contributed by atoms with van der Waals surface area (Å²) in [7, 11) is 1.70. The first-order valence-corrected chi connectivity index (χ1v) is 6.61. The summed E-state index contributed by atoms with van der Waals surface area (Å²) in [5.74, 6) is 0. The number of hydrogen-bond donors (Lipinski definition) is 0. The Morgan fingerprint density at radius 1 is 1.39 bits per heavy atom. The van der Waals surface area contributed by atoms with Crippen molar-refractivity contribution < 1.29 is 0 Å². The van der Waals surface area contributed by atoms with Crippen LogP contribution in [0.25, 0.3) is 21.3 Å². The Morgan fingerprint density at radius 2 is 2.22 bits per heavy atom. The van der Waals surface area contributed by atoms with Crippen LogP contribution in [0.4, 0.5) is 0 Å². The van der Waals surface area contributed by atoms with Gasteiger partial charge in [0.05, 0.1) is 11.8 Å². The van der Waals surface area contributed by atoms with E-state index in [0.29, 0.717) is 9.72 Å². The Kier molecular flexibility index (Phi) is 2.69. The zero-order chi connectivity index (χ0) is 12.7. The Morgan fingerprint density at radius 3 is 3.00 bits per heavy atom. The molecule has 2 heterocycles. The van der Waals surface area contributed by atoms with Gasteiger partial charge in [0, 0.05) is 23.0 Å². The van der Waals surface area contributed by atoms with E-state index in [2.05, 4.69) is 4.98 Å². The van der Waals surface area contributed by atoms with Gasteiger partial charge in [0.1, 0.15) is 4.70 Å². The van der Waals surface area contributed by atoms with E-state index < -0.39 is 0 Å². The fourth-order valence-electron chi connectivity index (χ4n) is 1.85. The summed E-state index contributed by atoms with van der Waals surface area (Å²) in [6, 6.07) is 7.56. The summed E-state index contributed by atoms with van der Waals surface area (Å²) in [5, 5.41) is 2.63. The highest BCUT2D eigenvalue weighted by Crippen LogP contribution is 2.31. The number of thiophene rings is 1. The van der Waals surface area contributed by atoms with E-state index in [1.165, 1.54) is 15.9 Å². The van der Waals surface area contributed by atoms with Crippen LogP contribution >= 0.6 is 22.9 Å². The number of rotatable bonds is 1. The Balaban J connectivity index is 2.32. The average Bonchev–Trinajstić information content (AvgIpc) is 2.78. The lowest BCUT2D eigenvalue weighted by atomic mass is 10.1. The van der Waals surface area contributed by atoms with Gasteiger partial charge >= 0.3 is 0 Å². The molecule has 0 aliphatic carbocycles. The number of hydrogen-bond acceptors (Lipinski definition) is 3. The SMILES string of the molecule is Cn1cnc2c(-c3cccc(Cl)c3)csc2c1=O. The van der Waals surface area contributed by atoms with Crippen molar-refractivity contribution >= 4 is 33.2 Å². The van der Waals surface area contributed by atoms with Crippen molar-refractivity contribution in [1.82, 2.24) is 9.55 Å². The molecule has 3 rings (SSSR count). The van der Waals surface area contributed by atoms with Crippen LogP contribution in [0.5, 0.6) is 0 Å². The third kappa shape index (κ3) is 1.74. The van der Waals surface area contributed by atoms with Crippen molar-refractivity contribution in [3.05, 3.63) is 51.3 Å². The lowest BCUT2D eigenvalue weighted by molar-refractivity contribution is 0.845. The maximum atomic E-state index is 11.9. The molecule has 0 saturated heterocycles. The van der Waals surface area contributed by atoms with E-state index in [0.717, 1.165) is 16.6 Å². The van der Waals surface area contributed by atoms with Crippen LogP contribution < -0.4 is 5.56 Å². The van der Waals surface area contributed by atoms with Gasteiger partial charge in [-0.2, -0.15) is 0 Å². The molecule has 0 aliphatic rings. The fraction of sp³-hybridized carbons (Fsp3) is 0.0769. The van der Waals surface area contributed by atoms with Gasteiger partial charge in [0.15, 0.2) is 0 Å². The second kappa shape index (κ2) is 4.23. The van der Waals surface area contributed by atoms with Gasteiger partial charge in [-0.1, -0.05) is 23.7 Å². The number of nitrogens with zero attached hydrogens (tertiary/aromatic N) is 2. The topological polar surface area (TPSA) is 34.9 Å². The van der Waals surface area contributed by atoms with Crippen molar-refractivity contribution in [2.45, 2.75) is 0 Å². The average molecular weight is 277 g/mol. The number of aromatic nitrogens is 2. The van der Waals surface area contributed by atoms with Crippen LogP contribution in [0.15, 0.2) is 40.8 Å². The molecule has 0 aliphatic heterocycles. The van der Waals surface area contributed by atoms with Gasteiger partial charge in [-0.05, 0) is 17.7 Å². The first-order valence-electron chi connectivity index (χ1n) is 5.35. The van der Waals surface area contributed by atoms with Gasteiger partial charge < -0.3 is 4.57 Å². The Labute approximate surface area is 112 Å². The smallest absolute Gasteiger partial charge is 0.271 e. The molecule has 0 saturated carbocycles. The van der Waals surface area contributed by atoms with Crippen LogP contribution in [-0.2, 0) is 7.05 Å². The summed E-state index contributed by atoms with van der Waals surface area (Å²) in [6.45, 7) is 0. The van der Waals surface area contributed by atoms with E-state index in [4.69, 9.17) is 11.6 Å². The molecule has 0 spiro atoms. The molecular weight excluding hydrogens is 268 g/mol. The van der Waals surface area contributed by atoms with Gasteiger partial charge in [0.2, 0.25) is 0 Å². The predicted molar refractivity (Wildman–Crippen MR) is 75.3 cm³/mol. The minimum Gasteiger partial charge on any atom is -0.301 e. The van der Waals surface area contributed by atoms with Gasteiger partial charge in [-0.25, -0.2) is 4.98 Å². The van der Waals surface area contributed by atoms with Gasteiger partial charge in [-0.3, -0.25) is 4.79 Å². The summed E-state index contributed by atoms with van der Waals surface area (Å²) in [6.07, 6.45) is 1.55. The molecule has 1 aromatic carbocycles. The molecule has 3 nitrogen and oxygen atoms in total. The normalized spacial score (nSPS) is 11.0. The molecule has 0 unspecified atom stereocenters. The number of fused-ring (bicyclic) bond motifs is 1. The third-order valence-electron chi connectivity index (χ3n) is 2.78. The molecule has 90 valence electrons. The Bertz CT molecular complexity index is 791. The maximum Gasteiger partial charge on any atom is 0.271 e. The molecule has 0 fully saturated rings. The molecule has 0 radical (unpaired) electrons. The molecule has 0 bridgehead atoms. The lowest BCUT2D eigenvalue weighted by Gasteiger charge is -2.00. The van der Waals surface area contributed by atoms with Crippen molar-refractivity contribution in [1.29, 1.82) is 0 Å². The monoisotopic (exact) mass is 276 g/mol. The summed E-state index contributed by atoms with van der Waals surface area (Å²) < 4.78 is 2.16. The molecule has 18 heavy (non-hydrogen) atoms. The van der Waals surface area contributed by atoms with Crippen molar-refractivity contribution in [2.24, 2.45) is 7.05 Å². The Hall–Kier alpha value is -1.65. The molecule has 3 aromatic rings. The highest BCUT2D eigenvalue weighted by Gasteiger charge is 2.11. The maximum absolute atomic E-state index is 11.9. The minimum absolute atomic E-state index is 0.0155. The molecule has 0 N–H and O–H groups in total. The first-order chi connectivity index (χ1) is 8.66. The third-order valence-corrected chi connectivity index (χ3v) is 3.97. The second-order valence-electron chi connectivity index (χ2n) is 4.00. The van der Waals surface area contributed by atoms with Gasteiger partial charge in [0.25, 0.3) is 5.56 Å². The zero-order valence-electron chi connectivity index (χ0n) is 9.55. The fourth-order valence-corrected chi connectivity index (χ4v) is 3.04. The summed E-state index contributed by atoms with van der Waals surface area (Å²) in [4.78, 5) is 16.3. The molecule has 0 amide bonds. The van der Waals surface area contributed by atoms with E-state index in [1.807, 2.05) is 29.6 Å². The zero-order valence-corrected chi connectivity index (χ0v) is 11.1. The van der Waals surface area contributed by atoms with E-state index in [-0.39, 0.29) is 5.56 Å². The van der Waals surface area contributed by atoms with Crippen LogP contribution in [-0.4, -0.2) is 9.55 Å². The quantitative estimate of drug-likeness (QED) is 0.683. The standard InChI is InChI=1S/C13H9ClN2OS/c1-16-7-15-11-10(6-18-12(11)13(16)17)8-3-2-4-9(14)5-8/h2-7H,1H3. The van der Waals surface area contributed by atoms with Crippen LogP contribution in [0, 0.1) is 0 Å². The van der Waals surface area contributed by atoms with E-state index in [1.54, 1.807) is 13.4 Å². The van der Waals surface area contributed by atoms with E-state index >= 15 is 0 Å². The number of benzene rings is 1.